The van der Waals surface area contributed by atoms with Gasteiger partial charge in [0, 0.05) is 38.8 Å². The van der Waals surface area contributed by atoms with E-state index in [-0.39, 0.29) is 0 Å². The molecule has 0 aliphatic carbocycles. The second-order valence-corrected chi connectivity index (χ2v) is 9.49. The Balaban J connectivity index is 1.62. The summed E-state index contributed by atoms with van der Waals surface area (Å²) < 4.78 is 21.1. The third-order valence-electron chi connectivity index (χ3n) is 5.38. The maximum absolute atomic E-state index is 14.1. The first kappa shape index (κ1) is 14.9. The Labute approximate surface area is 133 Å². The molecule has 0 saturated carbocycles. The number of rotatable bonds is 3. The largest absolute Gasteiger partial charge is 0.287 e. The van der Waals surface area contributed by atoms with Gasteiger partial charge in [0.1, 0.15) is 0 Å². The van der Waals surface area contributed by atoms with Crippen LogP contribution in [0.25, 0.3) is 0 Å². The Morgan fingerprint density at radius 3 is 2.55 bits per heavy atom. The van der Waals surface area contributed by atoms with Crippen molar-refractivity contribution in [2.45, 2.75) is 44.7 Å². The molecule has 0 bridgehead atoms. The standard InChI is InChI=1S/C17H26N3OP/c21-22(18-11-5-2-6-12-18)19(14-16-8-3-1-4-9-16)15-17-10-7-13-20(17)22/h1,3-4,8-9,17H,2,5-7,10-15H2/t17-,22-/m0/s1. The Morgan fingerprint density at radius 1 is 1.00 bits per heavy atom. The molecule has 4 nitrogen and oxygen atoms in total. The fraction of sp³-hybridized carbons (Fsp3) is 0.647. The van der Waals surface area contributed by atoms with Crippen LogP contribution in [0.15, 0.2) is 30.3 Å². The monoisotopic (exact) mass is 319 g/mol. The van der Waals surface area contributed by atoms with Gasteiger partial charge in [-0.05, 0) is 31.2 Å². The molecule has 0 amide bonds. The van der Waals surface area contributed by atoms with E-state index in [1.165, 1.54) is 37.7 Å². The Hall–Kier alpha value is -0.670. The summed E-state index contributed by atoms with van der Waals surface area (Å²) in [6, 6.07) is 11.0. The van der Waals surface area contributed by atoms with E-state index in [0.717, 1.165) is 32.7 Å². The predicted molar refractivity (Wildman–Crippen MR) is 89.6 cm³/mol. The number of nitrogens with zero attached hydrogens (tertiary/aromatic N) is 3. The van der Waals surface area contributed by atoms with Gasteiger partial charge in [0.15, 0.2) is 0 Å². The third kappa shape index (κ3) is 2.46. The van der Waals surface area contributed by atoms with Crippen molar-refractivity contribution in [2.24, 2.45) is 0 Å². The normalized spacial score (nSPS) is 34.1. The summed E-state index contributed by atoms with van der Waals surface area (Å²) in [6.45, 7) is 4.82. The molecule has 0 radical (unpaired) electrons. The van der Waals surface area contributed by atoms with Gasteiger partial charge in [-0.3, -0.25) is 4.57 Å². The summed E-state index contributed by atoms with van der Waals surface area (Å²) >= 11 is 0. The molecule has 5 heteroatoms. The zero-order valence-electron chi connectivity index (χ0n) is 13.2. The van der Waals surface area contributed by atoms with Crippen molar-refractivity contribution in [2.75, 3.05) is 26.2 Å². The Kier molecular flexibility index (Phi) is 4.12. The SMILES string of the molecule is O=[P@@]1(N2CCCCC2)N(Cc2ccccc2)C[C@@H]2CCCN21. The minimum absolute atomic E-state index is 0.511. The van der Waals surface area contributed by atoms with Crippen molar-refractivity contribution >= 4 is 7.59 Å². The molecule has 3 fully saturated rings. The molecular weight excluding hydrogens is 293 g/mol. The van der Waals surface area contributed by atoms with Crippen LogP contribution < -0.4 is 0 Å². The second-order valence-electron chi connectivity index (χ2n) is 6.82. The maximum atomic E-state index is 14.1. The van der Waals surface area contributed by atoms with Crippen LogP contribution in [0.4, 0.5) is 0 Å². The van der Waals surface area contributed by atoms with Gasteiger partial charge >= 0.3 is 0 Å². The molecule has 0 aromatic heterocycles. The zero-order chi connectivity index (χ0) is 15.0. The number of hydrogen-bond acceptors (Lipinski definition) is 1. The first-order chi connectivity index (χ1) is 10.8. The van der Waals surface area contributed by atoms with Crippen molar-refractivity contribution < 1.29 is 4.57 Å². The van der Waals surface area contributed by atoms with Crippen LogP contribution in [0.3, 0.4) is 0 Å². The molecule has 0 N–H and O–H groups in total. The Bertz CT molecular complexity index is 558. The molecule has 0 unspecified atom stereocenters. The van der Waals surface area contributed by atoms with E-state index in [0.29, 0.717) is 6.04 Å². The van der Waals surface area contributed by atoms with Crippen LogP contribution in [-0.4, -0.2) is 46.2 Å². The zero-order valence-corrected chi connectivity index (χ0v) is 14.1. The summed E-state index contributed by atoms with van der Waals surface area (Å²) in [6.07, 6.45) is 6.10. The first-order valence-electron chi connectivity index (χ1n) is 8.70. The molecule has 3 saturated heterocycles. The highest BCUT2D eigenvalue weighted by Crippen LogP contribution is 2.64. The van der Waals surface area contributed by atoms with Gasteiger partial charge in [-0.1, -0.05) is 36.8 Å². The molecule has 120 valence electrons. The Morgan fingerprint density at radius 2 is 1.77 bits per heavy atom. The number of hydrogen-bond donors (Lipinski definition) is 0. The molecule has 3 aliphatic heterocycles. The van der Waals surface area contributed by atoms with E-state index >= 15 is 0 Å². The van der Waals surface area contributed by atoms with Crippen molar-refractivity contribution in [1.82, 2.24) is 14.0 Å². The predicted octanol–water partition coefficient (Wildman–Crippen LogP) is 3.56. The average molecular weight is 319 g/mol. The molecule has 4 rings (SSSR count). The lowest BCUT2D eigenvalue weighted by Crippen LogP contribution is -2.36. The quantitative estimate of drug-likeness (QED) is 0.796. The van der Waals surface area contributed by atoms with E-state index in [1.54, 1.807) is 0 Å². The summed E-state index contributed by atoms with van der Waals surface area (Å²) in [4.78, 5) is 0. The molecular formula is C17H26N3OP. The number of benzene rings is 1. The van der Waals surface area contributed by atoms with Crippen molar-refractivity contribution in [3.05, 3.63) is 35.9 Å². The van der Waals surface area contributed by atoms with E-state index in [1.807, 2.05) is 0 Å². The fourth-order valence-corrected chi connectivity index (χ4v) is 7.87. The highest BCUT2D eigenvalue weighted by atomic mass is 31.2. The van der Waals surface area contributed by atoms with Gasteiger partial charge in [-0.25, -0.2) is 14.0 Å². The number of fused-ring (bicyclic) bond motifs is 1. The van der Waals surface area contributed by atoms with Crippen molar-refractivity contribution in [3.8, 4) is 0 Å². The van der Waals surface area contributed by atoms with Crippen LogP contribution >= 0.6 is 7.59 Å². The van der Waals surface area contributed by atoms with Crippen molar-refractivity contribution in [3.63, 3.8) is 0 Å². The van der Waals surface area contributed by atoms with Gasteiger partial charge < -0.3 is 0 Å². The van der Waals surface area contributed by atoms with Gasteiger partial charge in [0.25, 0.3) is 7.59 Å². The fourth-order valence-electron chi connectivity index (χ4n) is 4.29. The topological polar surface area (TPSA) is 26.8 Å². The minimum Gasteiger partial charge on any atom is -0.270 e. The lowest BCUT2D eigenvalue weighted by molar-refractivity contribution is 0.290. The lowest BCUT2D eigenvalue weighted by atomic mass is 10.2. The molecule has 0 spiro atoms. The van der Waals surface area contributed by atoms with Crippen molar-refractivity contribution in [1.29, 1.82) is 0 Å². The van der Waals surface area contributed by atoms with E-state index in [4.69, 9.17) is 0 Å². The average Bonchev–Trinajstić information content (AvgIpc) is 3.13. The van der Waals surface area contributed by atoms with Crippen LogP contribution in [0.2, 0.25) is 0 Å². The summed E-state index contributed by atoms with van der Waals surface area (Å²) in [5, 5.41) is 0. The molecule has 1 aromatic carbocycles. The third-order valence-corrected chi connectivity index (χ3v) is 8.75. The van der Waals surface area contributed by atoms with E-state index in [9.17, 15) is 4.57 Å². The van der Waals surface area contributed by atoms with Gasteiger partial charge in [0.2, 0.25) is 0 Å². The van der Waals surface area contributed by atoms with Crippen LogP contribution in [0.1, 0.15) is 37.7 Å². The van der Waals surface area contributed by atoms with Gasteiger partial charge in [-0.15, -0.1) is 0 Å². The van der Waals surface area contributed by atoms with Crippen LogP contribution in [0.5, 0.6) is 0 Å². The highest BCUT2D eigenvalue weighted by molar-refractivity contribution is 7.56. The molecule has 3 aliphatic rings. The molecule has 2 atom stereocenters. The minimum atomic E-state index is -2.52. The van der Waals surface area contributed by atoms with E-state index < -0.39 is 7.59 Å². The highest BCUT2D eigenvalue weighted by Gasteiger charge is 2.53. The molecule has 22 heavy (non-hydrogen) atoms. The molecule has 3 heterocycles. The van der Waals surface area contributed by atoms with Gasteiger partial charge in [-0.2, -0.15) is 0 Å². The summed E-state index contributed by atoms with van der Waals surface area (Å²) in [7, 11) is -2.52. The van der Waals surface area contributed by atoms with Crippen LogP contribution in [-0.2, 0) is 11.1 Å². The maximum Gasteiger partial charge on any atom is 0.287 e. The second kappa shape index (κ2) is 6.09. The molecule has 1 aromatic rings. The van der Waals surface area contributed by atoms with Gasteiger partial charge in [0.05, 0.1) is 0 Å². The first-order valence-corrected chi connectivity index (χ1v) is 10.3. The van der Waals surface area contributed by atoms with E-state index in [2.05, 4.69) is 44.3 Å². The van der Waals surface area contributed by atoms with Crippen LogP contribution in [0, 0.1) is 0 Å². The number of piperidine rings is 1. The summed E-state index contributed by atoms with van der Waals surface area (Å²) in [5.74, 6) is 0. The lowest BCUT2D eigenvalue weighted by Gasteiger charge is -2.40. The smallest absolute Gasteiger partial charge is 0.270 e. The summed E-state index contributed by atoms with van der Waals surface area (Å²) in [5.41, 5.74) is 1.28.